The van der Waals surface area contributed by atoms with Gasteiger partial charge in [-0.25, -0.2) is 13.1 Å². The number of nitrogens with two attached hydrogens (primary N) is 1. The van der Waals surface area contributed by atoms with Gasteiger partial charge in [0, 0.05) is 11.1 Å². The third-order valence-corrected chi connectivity index (χ3v) is 4.46. The van der Waals surface area contributed by atoms with Crippen molar-refractivity contribution in [1.29, 1.82) is 0 Å². The summed E-state index contributed by atoms with van der Waals surface area (Å²) in [5, 5.41) is 0. The van der Waals surface area contributed by atoms with Crippen LogP contribution in [0.15, 0.2) is 29.2 Å². The summed E-state index contributed by atoms with van der Waals surface area (Å²) in [4.78, 5) is 0.227. The van der Waals surface area contributed by atoms with E-state index in [2.05, 4.69) is 16.6 Å². The number of nitrogens with one attached hydrogen (secondary N) is 1. The summed E-state index contributed by atoms with van der Waals surface area (Å²) in [6.07, 6.45) is 1.69. The van der Waals surface area contributed by atoms with Gasteiger partial charge in [0.25, 0.3) is 0 Å². The van der Waals surface area contributed by atoms with Crippen LogP contribution >= 0.6 is 0 Å². The van der Waals surface area contributed by atoms with Gasteiger partial charge in [-0.05, 0) is 38.5 Å². The van der Waals surface area contributed by atoms with Crippen LogP contribution in [0.1, 0.15) is 39.2 Å². The first-order valence-corrected chi connectivity index (χ1v) is 8.12. The molecular formula is C15H22N2O2S. The van der Waals surface area contributed by atoms with Crippen molar-refractivity contribution in [2.75, 3.05) is 6.54 Å². The Bertz CT molecular complexity index is 610. The van der Waals surface area contributed by atoms with Gasteiger partial charge < -0.3 is 5.73 Å². The highest BCUT2D eigenvalue weighted by molar-refractivity contribution is 7.89. The lowest BCUT2D eigenvalue weighted by Gasteiger charge is -2.25. The van der Waals surface area contributed by atoms with Gasteiger partial charge in [-0.3, -0.25) is 0 Å². The van der Waals surface area contributed by atoms with E-state index in [0.717, 1.165) is 12.8 Å². The second kappa shape index (κ2) is 6.89. The largest absolute Gasteiger partial charge is 0.320 e. The Hall–Kier alpha value is -1.35. The maximum Gasteiger partial charge on any atom is 0.241 e. The Balaban J connectivity index is 3.04. The van der Waals surface area contributed by atoms with Gasteiger partial charge in [-0.15, -0.1) is 0 Å². The standard InChI is InChI=1S/C15H22N2O2S/c1-4-10-15(2,3)17-20(18,19)14-9-5-7-13(12-14)8-6-11-16/h5,7,9,12,17H,4,10-11,16H2,1-3H3. The van der Waals surface area contributed by atoms with E-state index in [1.807, 2.05) is 20.8 Å². The fraction of sp³-hybridized carbons (Fsp3) is 0.467. The van der Waals surface area contributed by atoms with Crippen LogP contribution < -0.4 is 10.5 Å². The fourth-order valence-electron chi connectivity index (χ4n) is 1.99. The van der Waals surface area contributed by atoms with Crippen molar-refractivity contribution in [2.24, 2.45) is 5.73 Å². The minimum Gasteiger partial charge on any atom is -0.320 e. The Morgan fingerprint density at radius 1 is 1.35 bits per heavy atom. The molecule has 1 rings (SSSR count). The lowest BCUT2D eigenvalue weighted by Crippen LogP contribution is -2.43. The van der Waals surface area contributed by atoms with Crippen molar-refractivity contribution < 1.29 is 8.42 Å². The van der Waals surface area contributed by atoms with Gasteiger partial charge in [0.1, 0.15) is 0 Å². The highest BCUT2D eigenvalue weighted by Crippen LogP contribution is 2.17. The number of sulfonamides is 1. The van der Waals surface area contributed by atoms with E-state index in [-0.39, 0.29) is 11.4 Å². The van der Waals surface area contributed by atoms with Gasteiger partial charge >= 0.3 is 0 Å². The summed E-state index contributed by atoms with van der Waals surface area (Å²) >= 11 is 0. The molecule has 1 aromatic rings. The average molecular weight is 294 g/mol. The predicted octanol–water partition coefficient (Wildman–Crippen LogP) is 1.85. The van der Waals surface area contributed by atoms with E-state index >= 15 is 0 Å². The summed E-state index contributed by atoms with van der Waals surface area (Å²) < 4.78 is 27.5. The molecule has 0 aliphatic heterocycles. The normalized spacial score (nSPS) is 11.8. The van der Waals surface area contributed by atoms with Crippen LogP contribution in [0.25, 0.3) is 0 Å². The Labute approximate surface area is 121 Å². The lowest BCUT2D eigenvalue weighted by molar-refractivity contribution is 0.418. The molecule has 5 heteroatoms. The fourth-order valence-corrected chi connectivity index (χ4v) is 3.48. The molecule has 0 saturated heterocycles. The first-order chi connectivity index (χ1) is 9.30. The maximum absolute atomic E-state index is 12.4. The van der Waals surface area contributed by atoms with Crippen LogP contribution in [0, 0.1) is 11.8 Å². The number of rotatable bonds is 5. The molecule has 110 valence electrons. The minimum atomic E-state index is -3.54. The topological polar surface area (TPSA) is 72.2 Å². The Morgan fingerprint density at radius 2 is 2.05 bits per heavy atom. The second-order valence-corrected chi connectivity index (χ2v) is 6.96. The minimum absolute atomic E-state index is 0.227. The van der Waals surface area contributed by atoms with Crippen molar-refractivity contribution in [2.45, 2.75) is 44.0 Å². The van der Waals surface area contributed by atoms with Crippen LogP contribution in [0.5, 0.6) is 0 Å². The van der Waals surface area contributed by atoms with Gasteiger partial charge in [-0.2, -0.15) is 0 Å². The molecule has 1 aromatic carbocycles. The zero-order chi connectivity index (χ0) is 15.2. The summed E-state index contributed by atoms with van der Waals surface area (Å²) in [6.45, 7) is 6.04. The van der Waals surface area contributed by atoms with Gasteiger partial charge in [0.15, 0.2) is 0 Å². The Morgan fingerprint density at radius 3 is 2.65 bits per heavy atom. The van der Waals surface area contributed by atoms with Gasteiger partial charge in [-0.1, -0.05) is 31.3 Å². The zero-order valence-electron chi connectivity index (χ0n) is 12.2. The van der Waals surface area contributed by atoms with E-state index in [4.69, 9.17) is 5.73 Å². The first-order valence-electron chi connectivity index (χ1n) is 6.64. The summed E-state index contributed by atoms with van der Waals surface area (Å²) in [5.41, 5.74) is 5.49. The van der Waals surface area contributed by atoms with Crippen LogP contribution in [0.3, 0.4) is 0 Å². The first kappa shape index (κ1) is 16.7. The third-order valence-electron chi connectivity index (χ3n) is 2.76. The highest BCUT2D eigenvalue weighted by Gasteiger charge is 2.25. The number of hydrogen-bond donors (Lipinski definition) is 2. The van der Waals surface area contributed by atoms with Crippen molar-refractivity contribution >= 4 is 10.0 Å². The molecule has 0 atom stereocenters. The molecule has 0 aliphatic carbocycles. The molecule has 20 heavy (non-hydrogen) atoms. The summed E-state index contributed by atoms with van der Waals surface area (Å²) in [7, 11) is -3.54. The van der Waals surface area contributed by atoms with E-state index < -0.39 is 15.6 Å². The molecule has 0 aromatic heterocycles. The third kappa shape index (κ3) is 4.97. The molecule has 0 radical (unpaired) electrons. The molecule has 0 heterocycles. The predicted molar refractivity (Wildman–Crippen MR) is 81.7 cm³/mol. The van der Waals surface area contributed by atoms with Crippen molar-refractivity contribution in [3.8, 4) is 11.8 Å². The van der Waals surface area contributed by atoms with Gasteiger partial charge in [0.2, 0.25) is 10.0 Å². The van der Waals surface area contributed by atoms with Gasteiger partial charge in [0.05, 0.1) is 11.4 Å². The van der Waals surface area contributed by atoms with Crippen LogP contribution in [-0.4, -0.2) is 20.5 Å². The van der Waals surface area contributed by atoms with Crippen molar-refractivity contribution in [1.82, 2.24) is 4.72 Å². The van der Waals surface area contributed by atoms with E-state index in [1.165, 1.54) is 0 Å². The van der Waals surface area contributed by atoms with Crippen LogP contribution in [-0.2, 0) is 10.0 Å². The molecule has 0 amide bonds. The molecule has 0 saturated carbocycles. The molecule has 0 fully saturated rings. The van der Waals surface area contributed by atoms with E-state index in [9.17, 15) is 8.42 Å². The van der Waals surface area contributed by atoms with E-state index in [0.29, 0.717) is 5.56 Å². The number of benzene rings is 1. The average Bonchev–Trinajstić information content (AvgIpc) is 2.35. The van der Waals surface area contributed by atoms with E-state index in [1.54, 1.807) is 24.3 Å². The lowest BCUT2D eigenvalue weighted by atomic mass is 10.0. The Kier molecular flexibility index (Phi) is 5.75. The van der Waals surface area contributed by atoms with Crippen LogP contribution in [0.4, 0.5) is 0 Å². The number of hydrogen-bond acceptors (Lipinski definition) is 3. The quantitative estimate of drug-likeness (QED) is 0.814. The highest BCUT2D eigenvalue weighted by atomic mass is 32.2. The van der Waals surface area contributed by atoms with Crippen molar-refractivity contribution in [3.05, 3.63) is 29.8 Å². The monoisotopic (exact) mass is 294 g/mol. The molecule has 0 spiro atoms. The molecule has 0 unspecified atom stereocenters. The maximum atomic E-state index is 12.4. The zero-order valence-corrected chi connectivity index (χ0v) is 13.0. The van der Waals surface area contributed by atoms with Crippen molar-refractivity contribution in [3.63, 3.8) is 0 Å². The molecule has 3 N–H and O–H groups in total. The summed E-state index contributed by atoms with van der Waals surface area (Å²) in [6, 6.07) is 6.58. The summed E-state index contributed by atoms with van der Waals surface area (Å²) in [5.74, 6) is 5.55. The SMILES string of the molecule is CCCC(C)(C)NS(=O)(=O)c1cccc(C#CCN)c1. The molecule has 4 nitrogen and oxygen atoms in total. The molecule has 0 aliphatic rings. The van der Waals surface area contributed by atoms with Crippen LogP contribution in [0.2, 0.25) is 0 Å². The smallest absolute Gasteiger partial charge is 0.241 e. The second-order valence-electron chi connectivity index (χ2n) is 5.27. The molecule has 0 bridgehead atoms. The molecular weight excluding hydrogens is 272 g/mol.